The van der Waals surface area contributed by atoms with Crippen molar-refractivity contribution in [2.45, 2.75) is 20.8 Å². The smallest absolute Gasteiger partial charge is 0.308 e. The third-order valence-corrected chi connectivity index (χ3v) is 3.33. The molecule has 2 N–H and O–H groups in total. The maximum Gasteiger partial charge on any atom is 0.308 e. The summed E-state index contributed by atoms with van der Waals surface area (Å²) in [7, 11) is 0. The van der Waals surface area contributed by atoms with E-state index in [0.717, 1.165) is 16.9 Å². The third kappa shape index (κ3) is 3.34. The van der Waals surface area contributed by atoms with Gasteiger partial charge in [-0.3, -0.25) is 9.59 Å². The molecule has 0 unspecified atom stereocenters. The number of hydrogen-bond acceptors (Lipinski definition) is 4. The van der Waals surface area contributed by atoms with Crippen LogP contribution in [0.3, 0.4) is 0 Å². The largest absolute Gasteiger partial charge is 0.481 e. The molecule has 2 aromatic rings. The van der Waals surface area contributed by atoms with E-state index in [-0.39, 0.29) is 12.5 Å². The summed E-state index contributed by atoms with van der Waals surface area (Å²) >= 11 is 0. The van der Waals surface area contributed by atoms with Crippen LogP contribution in [0.4, 0.5) is 0 Å². The summed E-state index contributed by atoms with van der Waals surface area (Å²) in [6.07, 6.45) is 0. The Morgan fingerprint density at radius 1 is 1.19 bits per heavy atom. The summed E-state index contributed by atoms with van der Waals surface area (Å²) < 4.78 is 0. The molecule has 1 heterocycles. The minimum absolute atomic E-state index is 0.0881. The lowest BCUT2D eigenvalue weighted by atomic mass is 10.1. The van der Waals surface area contributed by atoms with E-state index in [4.69, 9.17) is 5.11 Å². The third-order valence-electron chi connectivity index (χ3n) is 3.33. The van der Waals surface area contributed by atoms with E-state index in [1.54, 1.807) is 25.1 Å². The van der Waals surface area contributed by atoms with E-state index in [1.807, 2.05) is 13.8 Å². The number of rotatable bonds is 4. The summed E-state index contributed by atoms with van der Waals surface area (Å²) in [5.41, 5.74) is 3.50. The number of aryl methyl sites for hydroxylation is 2. The van der Waals surface area contributed by atoms with E-state index in [1.165, 1.54) is 0 Å². The van der Waals surface area contributed by atoms with E-state index in [0.29, 0.717) is 11.1 Å². The average molecular weight is 287 g/mol. The molecular weight excluding hydrogens is 270 g/mol. The Bertz CT molecular complexity index is 713. The fourth-order valence-corrected chi connectivity index (χ4v) is 1.81. The van der Waals surface area contributed by atoms with Gasteiger partial charge in [0.1, 0.15) is 0 Å². The van der Waals surface area contributed by atoms with Gasteiger partial charge in [0.2, 0.25) is 0 Å². The number of fused-ring (bicyclic) bond motifs is 1. The first-order chi connectivity index (χ1) is 9.88. The number of carbonyl (C=O) groups is 2. The molecule has 6 heteroatoms. The van der Waals surface area contributed by atoms with Crippen molar-refractivity contribution in [3.63, 3.8) is 0 Å². The van der Waals surface area contributed by atoms with Crippen molar-refractivity contribution < 1.29 is 14.7 Å². The van der Waals surface area contributed by atoms with Gasteiger partial charge in [-0.1, -0.05) is 6.92 Å². The normalized spacial score (nSPS) is 12.1. The van der Waals surface area contributed by atoms with Crippen LogP contribution >= 0.6 is 0 Å². The van der Waals surface area contributed by atoms with E-state index in [2.05, 4.69) is 15.3 Å². The molecule has 0 aliphatic rings. The van der Waals surface area contributed by atoms with Gasteiger partial charge in [0.15, 0.2) is 0 Å². The Morgan fingerprint density at radius 2 is 1.81 bits per heavy atom. The van der Waals surface area contributed by atoms with Gasteiger partial charge in [-0.05, 0) is 32.0 Å². The zero-order valence-corrected chi connectivity index (χ0v) is 12.2. The number of nitrogens with one attached hydrogen (secondary N) is 1. The van der Waals surface area contributed by atoms with Crippen LogP contribution in [-0.2, 0) is 4.79 Å². The predicted octanol–water partition coefficient (Wildman–Crippen LogP) is 1.70. The van der Waals surface area contributed by atoms with Crippen molar-refractivity contribution in [2.24, 2.45) is 5.92 Å². The summed E-state index contributed by atoms with van der Waals surface area (Å²) in [6.45, 7) is 5.38. The van der Waals surface area contributed by atoms with Crippen LogP contribution < -0.4 is 5.32 Å². The van der Waals surface area contributed by atoms with Crippen molar-refractivity contribution >= 4 is 22.9 Å². The number of carbonyl (C=O) groups excluding carboxylic acids is 1. The molecule has 110 valence electrons. The SMILES string of the molecule is Cc1nc2ccc(C(=O)NC[C@H](C)C(=O)O)cc2nc1C. The van der Waals surface area contributed by atoms with Crippen molar-refractivity contribution in [3.05, 3.63) is 35.2 Å². The molecule has 1 atom stereocenters. The van der Waals surface area contributed by atoms with Gasteiger partial charge in [0.25, 0.3) is 5.91 Å². The molecule has 0 spiro atoms. The first-order valence-corrected chi connectivity index (χ1v) is 6.64. The average Bonchev–Trinajstić information content (AvgIpc) is 2.45. The first-order valence-electron chi connectivity index (χ1n) is 6.64. The molecule has 21 heavy (non-hydrogen) atoms. The molecule has 6 nitrogen and oxygen atoms in total. The Balaban J connectivity index is 2.20. The molecule has 1 aromatic carbocycles. The summed E-state index contributed by atoms with van der Waals surface area (Å²) in [4.78, 5) is 31.5. The maximum absolute atomic E-state index is 12.0. The number of aliphatic carboxylic acids is 1. The van der Waals surface area contributed by atoms with E-state index < -0.39 is 11.9 Å². The van der Waals surface area contributed by atoms with Crippen molar-refractivity contribution in [2.75, 3.05) is 6.54 Å². The number of nitrogens with zero attached hydrogens (tertiary/aromatic N) is 2. The number of carboxylic acids is 1. The number of benzene rings is 1. The summed E-state index contributed by atoms with van der Waals surface area (Å²) in [6, 6.07) is 5.06. The second kappa shape index (κ2) is 5.87. The monoisotopic (exact) mass is 287 g/mol. The standard InChI is InChI=1S/C15H17N3O3/c1-8(15(20)21)7-16-14(19)11-4-5-12-13(6-11)18-10(3)9(2)17-12/h4-6,8H,7H2,1-3H3,(H,16,19)(H,20,21)/t8-/m0/s1. The van der Waals surface area contributed by atoms with Crippen LogP contribution in [0.2, 0.25) is 0 Å². The Labute approximate surface area is 122 Å². The summed E-state index contributed by atoms with van der Waals surface area (Å²) in [5.74, 6) is -1.88. The Morgan fingerprint density at radius 3 is 2.43 bits per heavy atom. The molecule has 2 rings (SSSR count). The quantitative estimate of drug-likeness (QED) is 0.892. The zero-order chi connectivity index (χ0) is 15.6. The second-order valence-corrected chi connectivity index (χ2v) is 5.05. The van der Waals surface area contributed by atoms with Crippen molar-refractivity contribution in [3.8, 4) is 0 Å². The first kappa shape index (κ1) is 14.9. The molecule has 0 saturated heterocycles. The van der Waals surface area contributed by atoms with E-state index in [9.17, 15) is 9.59 Å². The molecule has 0 fully saturated rings. The van der Waals surface area contributed by atoms with Gasteiger partial charge in [-0.25, -0.2) is 9.97 Å². The molecule has 0 bridgehead atoms. The zero-order valence-electron chi connectivity index (χ0n) is 12.2. The Kier molecular flexibility index (Phi) is 4.16. The lowest BCUT2D eigenvalue weighted by Gasteiger charge is -2.09. The highest BCUT2D eigenvalue weighted by atomic mass is 16.4. The molecule has 0 aliphatic heterocycles. The lowest BCUT2D eigenvalue weighted by Crippen LogP contribution is -2.31. The molecule has 0 saturated carbocycles. The highest BCUT2D eigenvalue weighted by Crippen LogP contribution is 2.14. The fourth-order valence-electron chi connectivity index (χ4n) is 1.81. The molecule has 0 radical (unpaired) electrons. The van der Waals surface area contributed by atoms with Gasteiger partial charge in [0, 0.05) is 12.1 Å². The van der Waals surface area contributed by atoms with Gasteiger partial charge in [-0.2, -0.15) is 0 Å². The van der Waals surface area contributed by atoms with Crippen molar-refractivity contribution in [1.29, 1.82) is 0 Å². The maximum atomic E-state index is 12.0. The number of hydrogen-bond donors (Lipinski definition) is 2. The predicted molar refractivity (Wildman–Crippen MR) is 78.1 cm³/mol. The van der Waals surface area contributed by atoms with Gasteiger partial charge in [-0.15, -0.1) is 0 Å². The topological polar surface area (TPSA) is 92.2 Å². The molecule has 1 aromatic heterocycles. The van der Waals surface area contributed by atoms with Gasteiger partial charge >= 0.3 is 5.97 Å². The van der Waals surface area contributed by atoms with Crippen LogP contribution in [0, 0.1) is 19.8 Å². The number of carboxylic acid groups (broad SMARTS) is 1. The highest BCUT2D eigenvalue weighted by Gasteiger charge is 2.14. The van der Waals surface area contributed by atoms with Crippen molar-refractivity contribution in [1.82, 2.24) is 15.3 Å². The minimum atomic E-state index is -0.939. The van der Waals surface area contributed by atoms with Crippen LogP contribution in [0.25, 0.3) is 11.0 Å². The van der Waals surface area contributed by atoms with E-state index >= 15 is 0 Å². The second-order valence-electron chi connectivity index (χ2n) is 5.05. The number of amides is 1. The highest BCUT2D eigenvalue weighted by molar-refractivity contribution is 5.97. The fraction of sp³-hybridized carbons (Fsp3) is 0.333. The van der Waals surface area contributed by atoms with Crippen LogP contribution in [0.1, 0.15) is 28.7 Å². The molecular formula is C15H17N3O3. The Hall–Kier alpha value is -2.50. The van der Waals surface area contributed by atoms with Crippen LogP contribution in [-0.4, -0.2) is 33.5 Å². The molecule has 0 aliphatic carbocycles. The summed E-state index contributed by atoms with van der Waals surface area (Å²) in [5, 5.41) is 11.4. The lowest BCUT2D eigenvalue weighted by molar-refractivity contribution is -0.140. The molecule has 1 amide bonds. The number of aromatic nitrogens is 2. The van der Waals surface area contributed by atoms with Crippen LogP contribution in [0.15, 0.2) is 18.2 Å². The van der Waals surface area contributed by atoms with Crippen LogP contribution in [0.5, 0.6) is 0 Å². The van der Waals surface area contributed by atoms with Gasteiger partial charge < -0.3 is 10.4 Å². The minimum Gasteiger partial charge on any atom is -0.481 e. The van der Waals surface area contributed by atoms with Gasteiger partial charge in [0.05, 0.1) is 28.3 Å².